The molecule has 2 N–H and O–H groups in total. The number of carbonyl (C=O) groups excluding carboxylic acids is 1. The topological polar surface area (TPSA) is 58.6 Å². The number of carbonyl (C=O) groups is 1. The van der Waals surface area contributed by atoms with Gasteiger partial charge < -0.3 is 4.74 Å². The quantitative estimate of drug-likeness (QED) is 0.431. The van der Waals surface area contributed by atoms with Crippen LogP contribution in [0.5, 0.6) is 0 Å². The lowest BCUT2D eigenvalue weighted by atomic mass is 9.95. The van der Waals surface area contributed by atoms with Crippen molar-refractivity contribution in [3.63, 3.8) is 0 Å². The van der Waals surface area contributed by atoms with Crippen molar-refractivity contribution in [2.45, 2.75) is 31.8 Å². The summed E-state index contributed by atoms with van der Waals surface area (Å²) < 4.78 is 5.25. The third kappa shape index (κ3) is 1.70. The largest absolute Gasteiger partial charge is 0.365 e. The van der Waals surface area contributed by atoms with E-state index in [4.69, 9.17) is 9.94 Å². The molecule has 0 saturated carbocycles. The number of amides is 1. The number of hydrogen-bond acceptors (Lipinski definition) is 3. The Morgan fingerprint density at radius 1 is 1.64 bits per heavy atom. The van der Waals surface area contributed by atoms with Gasteiger partial charge in [0.25, 0.3) is 5.91 Å². The van der Waals surface area contributed by atoms with Gasteiger partial charge in [-0.05, 0) is 26.2 Å². The molecule has 0 aromatic carbocycles. The molecule has 1 fully saturated rings. The van der Waals surface area contributed by atoms with Crippen LogP contribution in [-0.2, 0) is 9.53 Å². The molecule has 1 heterocycles. The molecule has 1 unspecified atom stereocenters. The first kappa shape index (κ1) is 8.49. The first-order valence-electron chi connectivity index (χ1n) is 3.77. The van der Waals surface area contributed by atoms with Crippen molar-refractivity contribution in [2.75, 3.05) is 6.61 Å². The first-order valence-corrected chi connectivity index (χ1v) is 3.77. The summed E-state index contributed by atoms with van der Waals surface area (Å²) in [4.78, 5) is 11.0. The van der Waals surface area contributed by atoms with Gasteiger partial charge in [0.15, 0.2) is 0 Å². The highest BCUT2D eigenvalue weighted by Crippen LogP contribution is 2.23. The fourth-order valence-corrected chi connectivity index (χ4v) is 1.23. The zero-order valence-corrected chi connectivity index (χ0v) is 6.59. The molecule has 0 aliphatic carbocycles. The van der Waals surface area contributed by atoms with Crippen molar-refractivity contribution in [3.8, 4) is 0 Å². The van der Waals surface area contributed by atoms with Crippen molar-refractivity contribution in [1.29, 1.82) is 0 Å². The van der Waals surface area contributed by atoms with Crippen LogP contribution in [0.3, 0.4) is 0 Å². The van der Waals surface area contributed by atoms with E-state index in [0.29, 0.717) is 13.0 Å². The molecule has 4 nitrogen and oxygen atoms in total. The predicted octanol–water partition coefficient (Wildman–Crippen LogP) is 0.451. The van der Waals surface area contributed by atoms with Crippen molar-refractivity contribution in [2.24, 2.45) is 0 Å². The zero-order valence-electron chi connectivity index (χ0n) is 6.59. The average Bonchev–Trinajstić information content (AvgIpc) is 2.04. The maximum Gasteiger partial charge on any atom is 0.275 e. The van der Waals surface area contributed by atoms with Crippen molar-refractivity contribution < 1.29 is 14.7 Å². The second kappa shape index (κ2) is 3.19. The summed E-state index contributed by atoms with van der Waals surface area (Å²) in [5, 5.41) is 8.37. The molecule has 64 valence electrons. The Morgan fingerprint density at radius 3 is 2.82 bits per heavy atom. The molecule has 0 spiro atoms. The molecular weight excluding hydrogens is 146 g/mol. The Balaban J connectivity index is 2.56. The van der Waals surface area contributed by atoms with Crippen LogP contribution >= 0.6 is 0 Å². The molecule has 1 amide bonds. The van der Waals surface area contributed by atoms with E-state index in [-0.39, 0.29) is 0 Å². The lowest BCUT2D eigenvalue weighted by Crippen LogP contribution is -2.47. The lowest BCUT2D eigenvalue weighted by Gasteiger charge is -2.31. The van der Waals surface area contributed by atoms with Gasteiger partial charge in [0, 0.05) is 6.61 Å². The summed E-state index contributed by atoms with van der Waals surface area (Å²) in [6, 6.07) is 0. The van der Waals surface area contributed by atoms with Gasteiger partial charge in [0.1, 0.15) is 5.60 Å². The Labute approximate surface area is 65.5 Å². The molecule has 1 atom stereocenters. The van der Waals surface area contributed by atoms with E-state index in [1.807, 2.05) is 0 Å². The fourth-order valence-electron chi connectivity index (χ4n) is 1.23. The maximum absolute atomic E-state index is 11.0. The molecule has 0 radical (unpaired) electrons. The van der Waals surface area contributed by atoms with Crippen molar-refractivity contribution in [3.05, 3.63) is 0 Å². The molecular formula is C7H13NO3. The van der Waals surface area contributed by atoms with Crippen LogP contribution in [0.25, 0.3) is 0 Å². The second-order valence-corrected chi connectivity index (χ2v) is 2.98. The minimum Gasteiger partial charge on any atom is -0.365 e. The third-order valence-electron chi connectivity index (χ3n) is 2.05. The predicted molar refractivity (Wildman–Crippen MR) is 38.1 cm³/mol. The normalized spacial score (nSPS) is 31.5. The Kier molecular flexibility index (Phi) is 2.46. The Morgan fingerprint density at radius 2 is 2.36 bits per heavy atom. The van der Waals surface area contributed by atoms with Crippen LogP contribution in [-0.4, -0.2) is 23.3 Å². The lowest BCUT2D eigenvalue weighted by molar-refractivity contribution is -0.159. The van der Waals surface area contributed by atoms with Crippen LogP contribution in [0.2, 0.25) is 0 Å². The van der Waals surface area contributed by atoms with E-state index in [2.05, 4.69) is 0 Å². The summed E-state index contributed by atoms with van der Waals surface area (Å²) in [7, 11) is 0. The number of hydroxylamine groups is 1. The number of rotatable bonds is 1. The monoisotopic (exact) mass is 159 g/mol. The molecule has 1 rings (SSSR count). The molecule has 0 aromatic rings. The first-order chi connectivity index (χ1) is 5.19. The maximum atomic E-state index is 11.0. The zero-order chi connectivity index (χ0) is 8.32. The van der Waals surface area contributed by atoms with E-state index < -0.39 is 11.5 Å². The molecule has 0 aromatic heterocycles. The van der Waals surface area contributed by atoms with Crippen LogP contribution in [0, 0.1) is 0 Å². The van der Waals surface area contributed by atoms with Crippen molar-refractivity contribution in [1.82, 2.24) is 5.48 Å². The number of ether oxygens (including phenoxy) is 1. The molecule has 4 heteroatoms. The highest BCUT2D eigenvalue weighted by molar-refractivity contribution is 5.83. The Hall–Kier alpha value is -0.610. The molecule has 11 heavy (non-hydrogen) atoms. The van der Waals surface area contributed by atoms with E-state index >= 15 is 0 Å². The summed E-state index contributed by atoms with van der Waals surface area (Å²) in [5.41, 5.74) is 0.799. The number of nitrogens with one attached hydrogen (secondary N) is 1. The van der Waals surface area contributed by atoms with Gasteiger partial charge in [-0.3, -0.25) is 10.0 Å². The minimum absolute atomic E-state index is 0.447. The second-order valence-electron chi connectivity index (χ2n) is 2.98. The summed E-state index contributed by atoms with van der Waals surface area (Å²) in [6.07, 6.45) is 2.65. The molecule has 1 saturated heterocycles. The fraction of sp³-hybridized carbons (Fsp3) is 0.857. The van der Waals surface area contributed by atoms with E-state index in [0.717, 1.165) is 12.8 Å². The standard InChI is InChI=1S/C7H13NO3/c1-7(6(9)8-10)4-2-3-5-11-7/h10H,2-5H2,1H3,(H,8,9). The van der Waals surface area contributed by atoms with Gasteiger partial charge in [-0.25, -0.2) is 5.48 Å². The highest BCUT2D eigenvalue weighted by Gasteiger charge is 2.35. The van der Waals surface area contributed by atoms with Gasteiger partial charge in [0.2, 0.25) is 0 Å². The smallest absolute Gasteiger partial charge is 0.275 e. The van der Waals surface area contributed by atoms with Gasteiger partial charge >= 0.3 is 0 Å². The van der Waals surface area contributed by atoms with Gasteiger partial charge in [-0.15, -0.1) is 0 Å². The molecule has 1 aliphatic rings. The van der Waals surface area contributed by atoms with Gasteiger partial charge in [-0.1, -0.05) is 0 Å². The van der Waals surface area contributed by atoms with E-state index in [1.54, 1.807) is 12.4 Å². The van der Waals surface area contributed by atoms with Crippen LogP contribution in [0.15, 0.2) is 0 Å². The number of hydrogen-bond donors (Lipinski definition) is 2. The summed E-state index contributed by atoms with van der Waals surface area (Å²) >= 11 is 0. The summed E-state index contributed by atoms with van der Waals surface area (Å²) in [6.45, 7) is 2.29. The minimum atomic E-state index is -0.812. The van der Waals surface area contributed by atoms with Crippen LogP contribution < -0.4 is 5.48 Å². The SMILES string of the molecule is CC1(C(=O)NO)CCCCO1. The van der Waals surface area contributed by atoms with Crippen molar-refractivity contribution >= 4 is 5.91 Å². The van der Waals surface area contributed by atoms with E-state index in [1.165, 1.54) is 0 Å². The Bertz CT molecular complexity index is 152. The summed E-state index contributed by atoms with van der Waals surface area (Å²) in [5.74, 6) is -0.447. The molecule has 1 aliphatic heterocycles. The van der Waals surface area contributed by atoms with Gasteiger partial charge in [0.05, 0.1) is 0 Å². The third-order valence-corrected chi connectivity index (χ3v) is 2.05. The average molecular weight is 159 g/mol. The van der Waals surface area contributed by atoms with Gasteiger partial charge in [-0.2, -0.15) is 0 Å². The van der Waals surface area contributed by atoms with Crippen LogP contribution in [0.1, 0.15) is 26.2 Å². The molecule has 0 bridgehead atoms. The highest BCUT2D eigenvalue weighted by atomic mass is 16.5. The van der Waals surface area contributed by atoms with E-state index in [9.17, 15) is 4.79 Å². The van der Waals surface area contributed by atoms with Crippen LogP contribution in [0.4, 0.5) is 0 Å².